The smallest absolute Gasteiger partial charge is 0.225 e. The Kier molecular flexibility index (Phi) is 5.05. The fraction of sp³-hybridized carbons (Fsp3) is 0.714. The summed E-state index contributed by atoms with van der Waals surface area (Å²) < 4.78 is 6.46. The van der Waals surface area contributed by atoms with Crippen molar-refractivity contribution < 1.29 is 9.84 Å². The molecule has 5 nitrogen and oxygen atoms in total. The van der Waals surface area contributed by atoms with Crippen molar-refractivity contribution in [2.24, 2.45) is 0 Å². The van der Waals surface area contributed by atoms with Gasteiger partial charge in [0.2, 0.25) is 5.88 Å². The fourth-order valence-electron chi connectivity index (χ4n) is 5.37. The Bertz CT molecular complexity index is 794. The quantitative estimate of drug-likeness (QED) is 0.843. The van der Waals surface area contributed by atoms with Gasteiger partial charge in [0, 0.05) is 17.5 Å². The summed E-state index contributed by atoms with van der Waals surface area (Å²) in [6.07, 6.45) is 12.5. The molecular formula is C21H29N3O2S. The largest absolute Gasteiger partial charge is 0.474 e. The van der Waals surface area contributed by atoms with Crippen molar-refractivity contribution in [3.05, 3.63) is 16.8 Å². The van der Waals surface area contributed by atoms with Crippen LogP contribution in [0.5, 0.6) is 5.88 Å². The van der Waals surface area contributed by atoms with Crippen LogP contribution in [0.15, 0.2) is 6.33 Å². The summed E-state index contributed by atoms with van der Waals surface area (Å²) in [6, 6.07) is 0.761. The molecule has 2 aromatic rings. The average Bonchev–Trinajstić information content (AvgIpc) is 3.40. The van der Waals surface area contributed by atoms with E-state index in [0.29, 0.717) is 5.92 Å². The molecule has 1 aliphatic heterocycles. The van der Waals surface area contributed by atoms with Gasteiger partial charge in [0.05, 0.1) is 5.39 Å². The number of aliphatic hydroxyl groups is 1. The Labute approximate surface area is 164 Å². The zero-order valence-electron chi connectivity index (χ0n) is 15.9. The molecule has 0 amide bonds. The highest BCUT2D eigenvalue weighted by molar-refractivity contribution is 7.19. The number of rotatable bonds is 5. The topological polar surface area (TPSA) is 58.5 Å². The van der Waals surface area contributed by atoms with E-state index >= 15 is 0 Å². The highest BCUT2D eigenvalue weighted by atomic mass is 32.1. The summed E-state index contributed by atoms with van der Waals surface area (Å²) in [5.41, 5.74) is 1.37. The first-order chi connectivity index (χ1) is 13.3. The second-order valence-electron chi connectivity index (χ2n) is 8.34. The van der Waals surface area contributed by atoms with Crippen LogP contribution in [-0.2, 0) is 6.42 Å². The number of hydrogen-bond acceptors (Lipinski definition) is 6. The first-order valence-corrected chi connectivity index (χ1v) is 11.4. The summed E-state index contributed by atoms with van der Waals surface area (Å²) in [4.78, 5) is 14.2. The number of thiophene rings is 1. The molecule has 146 valence electrons. The molecule has 0 unspecified atom stereocenters. The highest BCUT2D eigenvalue weighted by Crippen LogP contribution is 2.47. The molecule has 2 aliphatic carbocycles. The summed E-state index contributed by atoms with van der Waals surface area (Å²) >= 11 is 1.79. The first kappa shape index (κ1) is 17.8. The van der Waals surface area contributed by atoms with Crippen LogP contribution in [0.2, 0.25) is 0 Å². The molecular weight excluding hydrogens is 358 g/mol. The normalized spacial score (nSPS) is 28.7. The second kappa shape index (κ2) is 7.64. The maximum absolute atomic E-state index is 9.44. The third-order valence-corrected chi connectivity index (χ3v) is 7.93. The van der Waals surface area contributed by atoms with E-state index in [1.807, 2.05) is 0 Å². The summed E-state index contributed by atoms with van der Waals surface area (Å²) in [5.74, 6) is 1.21. The lowest BCUT2D eigenvalue weighted by Gasteiger charge is -2.34. The zero-order valence-corrected chi connectivity index (χ0v) is 16.7. The molecule has 1 saturated heterocycles. The Hall–Kier alpha value is -1.24. The summed E-state index contributed by atoms with van der Waals surface area (Å²) in [6.45, 7) is 2.82. The molecule has 0 aromatic carbocycles. The van der Waals surface area contributed by atoms with E-state index in [1.165, 1.54) is 49.2 Å². The van der Waals surface area contributed by atoms with Gasteiger partial charge in [-0.15, -0.1) is 11.3 Å². The van der Waals surface area contributed by atoms with Gasteiger partial charge in [0.15, 0.2) is 0 Å². The zero-order chi connectivity index (χ0) is 18.2. The first-order valence-electron chi connectivity index (χ1n) is 10.6. The third-order valence-electron chi connectivity index (χ3n) is 6.75. The molecule has 0 bridgehead atoms. The predicted octanol–water partition coefficient (Wildman–Crippen LogP) is 3.89. The molecule has 2 fully saturated rings. The Morgan fingerprint density at radius 2 is 1.93 bits per heavy atom. The van der Waals surface area contributed by atoms with Gasteiger partial charge >= 0.3 is 0 Å². The van der Waals surface area contributed by atoms with E-state index in [0.717, 1.165) is 54.2 Å². The van der Waals surface area contributed by atoms with Crippen molar-refractivity contribution in [3.8, 4) is 5.88 Å². The Balaban J connectivity index is 1.34. The van der Waals surface area contributed by atoms with Gasteiger partial charge in [0.25, 0.3) is 0 Å². The SMILES string of the molecule is OCC[C@H]1CCc2sc3ncnc(OC4CCC(N5CCCC5)CC4)c3c21. The van der Waals surface area contributed by atoms with Crippen molar-refractivity contribution in [1.82, 2.24) is 14.9 Å². The lowest BCUT2D eigenvalue weighted by molar-refractivity contribution is 0.0978. The Morgan fingerprint density at radius 3 is 2.70 bits per heavy atom. The van der Waals surface area contributed by atoms with Crippen molar-refractivity contribution in [1.29, 1.82) is 0 Å². The van der Waals surface area contributed by atoms with Crippen LogP contribution in [0.1, 0.15) is 67.7 Å². The molecule has 5 rings (SSSR count). The molecule has 0 spiro atoms. The monoisotopic (exact) mass is 387 g/mol. The summed E-state index contributed by atoms with van der Waals surface area (Å²) in [5, 5.41) is 10.6. The van der Waals surface area contributed by atoms with E-state index in [9.17, 15) is 5.11 Å². The van der Waals surface area contributed by atoms with Gasteiger partial charge in [0.1, 0.15) is 17.3 Å². The van der Waals surface area contributed by atoms with Gasteiger partial charge in [-0.1, -0.05) is 0 Å². The van der Waals surface area contributed by atoms with Gasteiger partial charge in [-0.05, 0) is 82.4 Å². The minimum absolute atomic E-state index is 0.242. The lowest BCUT2D eigenvalue weighted by atomic mass is 9.92. The summed E-state index contributed by atoms with van der Waals surface area (Å²) in [7, 11) is 0. The third kappa shape index (κ3) is 3.36. The van der Waals surface area contributed by atoms with Crippen molar-refractivity contribution in [2.45, 2.75) is 75.9 Å². The maximum Gasteiger partial charge on any atom is 0.225 e. The Morgan fingerprint density at radius 1 is 1.11 bits per heavy atom. The molecule has 3 heterocycles. The minimum Gasteiger partial charge on any atom is -0.474 e. The number of ether oxygens (including phenoxy) is 1. The van der Waals surface area contributed by atoms with Crippen LogP contribution in [0, 0.1) is 0 Å². The van der Waals surface area contributed by atoms with Crippen LogP contribution < -0.4 is 4.74 Å². The van der Waals surface area contributed by atoms with Crippen LogP contribution in [0.3, 0.4) is 0 Å². The second-order valence-corrected chi connectivity index (χ2v) is 9.42. The number of hydrogen-bond donors (Lipinski definition) is 1. The molecule has 27 heavy (non-hydrogen) atoms. The van der Waals surface area contributed by atoms with E-state index in [-0.39, 0.29) is 12.7 Å². The maximum atomic E-state index is 9.44. The average molecular weight is 388 g/mol. The molecule has 6 heteroatoms. The van der Waals surface area contributed by atoms with Gasteiger partial charge in [-0.2, -0.15) is 0 Å². The van der Waals surface area contributed by atoms with Crippen LogP contribution in [0.4, 0.5) is 0 Å². The predicted molar refractivity (Wildman–Crippen MR) is 108 cm³/mol. The number of nitrogens with zero attached hydrogens (tertiary/aromatic N) is 3. The van der Waals surface area contributed by atoms with Crippen LogP contribution in [0.25, 0.3) is 10.2 Å². The van der Waals surface area contributed by atoms with E-state index < -0.39 is 0 Å². The fourth-order valence-corrected chi connectivity index (χ4v) is 6.60. The molecule has 2 aromatic heterocycles. The number of aliphatic hydroxyl groups excluding tert-OH is 1. The van der Waals surface area contributed by atoms with Gasteiger partial charge in [-0.3, -0.25) is 0 Å². The van der Waals surface area contributed by atoms with E-state index in [2.05, 4.69) is 14.9 Å². The van der Waals surface area contributed by atoms with Crippen molar-refractivity contribution in [2.75, 3.05) is 19.7 Å². The number of aromatic nitrogens is 2. The van der Waals surface area contributed by atoms with Crippen molar-refractivity contribution >= 4 is 21.6 Å². The molecule has 1 N–H and O–H groups in total. The van der Waals surface area contributed by atoms with Crippen LogP contribution in [-0.4, -0.2) is 51.8 Å². The molecule has 1 atom stereocenters. The van der Waals surface area contributed by atoms with E-state index in [1.54, 1.807) is 17.7 Å². The minimum atomic E-state index is 0.242. The van der Waals surface area contributed by atoms with Gasteiger partial charge < -0.3 is 14.7 Å². The molecule has 0 radical (unpaired) electrons. The van der Waals surface area contributed by atoms with Crippen LogP contribution >= 0.6 is 11.3 Å². The van der Waals surface area contributed by atoms with E-state index in [4.69, 9.17) is 4.74 Å². The number of aryl methyl sites for hydroxylation is 1. The van der Waals surface area contributed by atoms with Crippen molar-refractivity contribution in [3.63, 3.8) is 0 Å². The number of fused-ring (bicyclic) bond motifs is 3. The van der Waals surface area contributed by atoms with Gasteiger partial charge in [-0.25, -0.2) is 9.97 Å². The lowest BCUT2D eigenvalue weighted by Crippen LogP contribution is -2.38. The highest BCUT2D eigenvalue weighted by Gasteiger charge is 2.32. The molecule has 3 aliphatic rings. The molecule has 1 saturated carbocycles. The number of likely N-dealkylation sites (tertiary alicyclic amines) is 1. The standard InChI is InChI=1S/C21H29N3O2S/c25-12-9-14-3-8-17-18(14)19-20(22-13-23-21(19)27-17)26-16-6-4-15(5-7-16)24-10-1-2-11-24/h13-16,25H,1-12H2/t14-,15?,16?/m1/s1.